The van der Waals surface area contributed by atoms with E-state index >= 15 is 0 Å². The van der Waals surface area contributed by atoms with Crippen LogP contribution in [0.2, 0.25) is 0 Å². The van der Waals surface area contributed by atoms with Crippen LogP contribution in [0.5, 0.6) is 0 Å². The Kier molecular flexibility index (Phi) is 5.01. The van der Waals surface area contributed by atoms with E-state index in [0.717, 1.165) is 26.2 Å². The second-order valence-corrected chi connectivity index (χ2v) is 6.87. The lowest BCUT2D eigenvalue weighted by molar-refractivity contribution is -0.121. The Morgan fingerprint density at radius 1 is 1.30 bits per heavy atom. The topological polar surface area (TPSA) is 37.3 Å². The van der Waals surface area contributed by atoms with Crippen LogP contribution in [0.15, 0.2) is 36.5 Å². The molecule has 1 amide bonds. The minimum atomic E-state index is 0.158. The van der Waals surface area contributed by atoms with E-state index in [9.17, 15) is 4.79 Å². The Balaban J connectivity index is 1.43. The van der Waals surface area contributed by atoms with Crippen LogP contribution in [0.4, 0.5) is 0 Å². The number of carbonyl (C=O) groups excluding carboxylic acids is 1. The number of benzene rings is 1. The van der Waals surface area contributed by atoms with Crippen molar-refractivity contribution in [1.29, 1.82) is 0 Å². The molecule has 0 saturated carbocycles. The maximum Gasteiger partial charge on any atom is 0.221 e. The molecule has 1 fully saturated rings. The zero-order valence-electron chi connectivity index (χ0n) is 14.2. The van der Waals surface area contributed by atoms with Crippen molar-refractivity contribution in [3.63, 3.8) is 0 Å². The van der Waals surface area contributed by atoms with E-state index in [4.69, 9.17) is 0 Å². The molecule has 0 radical (unpaired) electrons. The Labute approximate surface area is 138 Å². The number of amides is 1. The van der Waals surface area contributed by atoms with Crippen molar-refractivity contribution >= 4 is 16.8 Å². The van der Waals surface area contributed by atoms with Crippen molar-refractivity contribution in [3.05, 3.63) is 36.5 Å². The number of likely N-dealkylation sites (tertiary alicyclic amines) is 1. The lowest BCUT2D eigenvalue weighted by atomic mass is 10.1. The van der Waals surface area contributed by atoms with Gasteiger partial charge in [0.1, 0.15) is 0 Å². The molecule has 1 atom stereocenters. The fourth-order valence-corrected chi connectivity index (χ4v) is 3.40. The maximum atomic E-state index is 12.1. The van der Waals surface area contributed by atoms with Crippen molar-refractivity contribution < 1.29 is 4.79 Å². The maximum absolute atomic E-state index is 12.1. The number of rotatable bonds is 6. The molecule has 1 aliphatic rings. The van der Waals surface area contributed by atoms with E-state index in [1.54, 1.807) is 0 Å². The third-order valence-electron chi connectivity index (χ3n) is 4.90. The highest BCUT2D eigenvalue weighted by Gasteiger charge is 2.24. The van der Waals surface area contributed by atoms with Gasteiger partial charge in [0, 0.05) is 43.8 Å². The van der Waals surface area contributed by atoms with E-state index in [1.807, 2.05) is 12.1 Å². The van der Waals surface area contributed by atoms with Gasteiger partial charge in [0.2, 0.25) is 5.91 Å². The zero-order chi connectivity index (χ0) is 16.2. The van der Waals surface area contributed by atoms with Gasteiger partial charge in [-0.25, -0.2) is 0 Å². The fraction of sp³-hybridized carbons (Fsp3) is 0.526. The second kappa shape index (κ2) is 7.18. The van der Waals surface area contributed by atoms with E-state index in [0.29, 0.717) is 18.4 Å². The molecule has 23 heavy (non-hydrogen) atoms. The predicted molar refractivity (Wildman–Crippen MR) is 94.4 cm³/mol. The Bertz CT molecular complexity index is 661. The molecule has 0 aliphatic carbocycles. The molecule has 3 rings (SSSR count). The SMILES string of the molecule is CC(C)N1CCC(CNC(=O)CCn2ccc3ccccc32)C1. The van der Waals surface area contributed by atoms with Crippen LogP contribution in [0.1, 0.15) is 26.7 Å². The van der Waals surface area contributed by atoms with E-state index in [1.165, 1.54) is 17.3 Å². The summed E-state index contributed by atoms with van der Waals surface area (Å²) in [4.78, 5) is 14.6. The molecule has 2 heterocycles. The summed E-state index contributed by atoms with van der Waals surface area (Å²) in [5.74, 6) is 0.763. The number of nitrogens with zero attached hydrogens (tertiary/aromatic N) is 2. The summed E-state index contributed by atoms with van der Waals surface area (Å²) in [6.07, 6.45) is 3.80. The molecule has 0 spiro atoms. The van der Waals surface area contributed by atoms with Gasteiger partial charge < -0.3 is 14.8 Å². The van der Waals surface area contributed by atoms with E-state index in [2.05, 4.69) is 53.0 Å². The zero-order valence-corrected chi connectivity index (χ0v) is 14.2. The van der Waals surface area contributed by atoms with Gasteiger partial charge in [0.05, 0.1) is 0 Å². The summed E-state index contributed by atoms with van der Waals surface area (Å²) in [6, 6.07) is 11.0. The average Bonchev–Trinajstić information content (AvgIpc) is 3.18. The number of hydrogen-bond donors (Lipinski definition) is 1. The third-order valence-corrected chi connectivity index (χ3v) is 4.90. The number of fused-ring (bicyclic) bond motifs is 1. The first-order valence-electron chi connectivity index (χ1n) is 8.68. The van der Waals surface area contributed by atoms with Gasteiger partial charge in [-0.2, -0.15) is 0 Å². The number of carbonyl (C=O) groups is 1. The van der Waals surface area contributed by atoms with Crippen LogP contribution in [0.25, 0.3) is 10.9 Å². The van der Waals surface area contributed by atoms with Crippen LogP contribution >= 0.6 is 0 Å². The Hall–Kier alpha value is -1.81. The van der Waals surface area contributed by atoms with Crippen LogP contribution in [0, 0.1) is 5.92 Å². The van der Waals surface area contributed by atoms with Gasteiger partial charge in [0.15, 0.2) is 0 Å². The molecular formula is C19H27N3O. The second-order valence-electron chi connectivity index (χ2n) is 6.87. The van der Waals surface area contributed by atoms with Gasteiger partial charge in [-0.15, -0.1) is 0 Å². The average molecular weight is 313 g/mol. The molecular weight excluding hydrogens is 286 g/mol. The summed E-state index contributed by atoms with van der Waals surface area (Å²) in [5.41, 5.74) is 1.20. The lowest BCUT2D eigenvalue weighted by Gasteiger charge is -2.20. The van der Waals surface area contributed by atoms with Crippen LogP contribution in [-0.2, 0) is 11.3 Å². The molecule has 1 aliphatic heterocycles. The Morgan fingerprint density at radius 2 is 2.13 bits per heavy atom. The number of para-hydroxylation sites is 1. The first-order valence-corrected chi connectivity index (χ1v) is 8.68. The summed E-state index contributed by atoms with van der Waals surface area (Å²) < 4.78 is 2.16. The molecule has 1 saturated heterocycles. The first kappa shape index (κ1) is 16.1. The molecule has 1 aromatic heterocycles. The predicted octanol–water partition coefficient (Wildman–Crippen LogP) is 2.88. The summed E-state index contributed by atoms with van der Waals surface area (Å²) in [5, 5.41) is 4.34. The van der Waals surface area contributed by atoms with Crippen LogP contribution in [-0.4, -0.2) is 41.1 Å². The van der Waals surface area contributed by atoms with Crippen molar-refractivity contribution in [3.8, 4) is 0 Å². The lowest BCUT2D eigenvalue weighted by Crippen LogP contribution is -2.33. The van der Waals surface area contributed by atoms with Gasteiger partial charge >= 0.3 is 0 Å². The first-order chi connectivity index (χ1) is 11.1. The highest BCUT2D eigenvalue weighted by molar-refractivity contribution is 5.80. The monoisotopic (exact) mass is 313 g/mol. The molecule has 0 bridgehead atoms. The van der Waals surface area contributed by atoms with Gasteiger partial charge in [0.25, 0.3) is 0 Å². The Morgan fingerprint density at radius 3 is 2.91 bits per heavy atom. The van der Waals surface area contributed by atoms with Gasteiger partial charge in [-0.1, -0.05) is 18.2 Å². The molecule has 4 nitrogen and oxygen atoms in total. The summed E-state index contributed by atoms with van der Waals surface area (Å²) in [7, 11) is 0. The summed E-state index contributed by atoms with van der Waals surface area (Å²) >= 11 is 0. The van der Waals surface area contributed by atoms with Crippen molar-refractivity contribution in [1.82, 2.24) is 14.8 Å². The third kappa shape index (κ3) is 3.94. The van der Waals surface area contributed by atoms with E-state index < -0.39 is 0 Å². The molecule has 1 unspecified atom stereocenters. The van der Waals surface area contributed by atoms with Crippen molar-refractivity contribution in [2.75, 3.05) is 19.6 Å². The van der Waals surface area contributed by atoms with Gasteiger partial charge in [-0.3, -0.25) is 4.79 Å². The molecule has 124 valence electrons. The quantitative estimate of drug-likeness (QED) is 0.890. The molecule has 4 heteroatoms. The minimum Gasteiger partial charge on any atom is -0.356 e. The standard InChI is InChI=1S/C19H27N3O/c1-15(2)22-10-7-16(14-22)13-20-19(23)9-12-21-11-8-17-5-3-4-6-18(17)21/h3-6,8,11,15-16H,7,9-10,12-14H2,1-2H3,(H,20,23). The molecule has 1 N–H and O–H groups in total. The normalized spacial score (nSPS) is 18.8. The highest BCUT2D eigenvalue weighted by Crippen LogP contribution is 2.18. The summed E-state index contributed by atoms with van der Waals surface area (Å²) in [6.45, 7) is 8.30. The largest absolute Gasteiger partial charge is 0.356 e. The van der Waals surface area contributed by atoms with Crippen LogP contribution < -0.4 is 5.32 Å². The van der Waals surface area contributed by atoms with Crippen molar-refractivity contribution in [2.45, 2.75) is 39.3 Å². The number of aromatic nitrogens is 1. The van der Waals surface area contributed by atoms with E-state index in [-0.39, 0.29) is 5.91 Å². The van der Waals surface area contributed by atoms with Crippen molar-refractivity contribution in [2.24, 2.45) is 5.92 Å². The smallest absolute Gasteiger partial charge is 0.221 e. The number of aryl methyl sites for hydroxylation is 1. The highest BCUT2D eigenvalue weighted by atomic mass is 16.1. The molecule has 2 aromatic rings. The minimum absolute atomic E-state index is 0.158. The number of hydrogen-bond acceptors (Lipinski definition) is 2. The van der Waals surface area contributed by atoms with Gasteiger partial charge in [-0.05, 0) is 50.2 Å². The molecule has 1 aromatic carbocycles. The fourth-order valence-electron chi connectivity index (χ4n) is 3.40. The van der Waals surface area contributed by atoms with Crippen LogP contribution in [0.3, 0.4) is 0 Å². The number of nitrogens with one attached hydrogen (secondary N) is 1.